The molecule has 1 atom stereocenters. The van der Waals surface area contributed by atoms with Crippen molar-refractivity contribution in [2.45, 2.75) is 42.9 Å². The first-order valence-electron chi connectivity index (χ1n) is 6.56. The Hall–Kier alpha value is -1.40. The van der Waals surface area contributed by atoms with Gasteiger partial charge in [0.05, 0.1) is 18.3 Å². The third-order valence-corrected chi connectivity index (χ3v) is 3.78. The van der Waals surface area contributed by atoms with Crippen LogP contribution in [0, 0.1) is 5.82 Å². The molecule has 0 aliphatic carbocycles. The van der Waals surface area contributed by atoms with Crippen LogP contribution in [0.25, 0.3) is 0 Å². The van der Waals surface area contributed by atoms with E-state index in [9.17, 15) is 9.50 Å². The van der Waals surface area contributed by atoms with Crippen molar-refractivity contribution in [1.29, 1.82) is 0 Å². The standard InChI is InChI=1S/C14H17FN2O2S/c1-2-5-10(18)8-14-16-13(17-19-14)9-20-12-7-4-3-6-11(12)15/h3-4,6-7,10,18H,2,5,8-9H2,1H3. The lowest BCUT2D eigenvalue weighted by Gasteiger charge is -2.03. The zero-order valence-electron chi connectivity index (χ0n) is 11.3. The molecule has 4 nitrogen and oxygen atoms in total. The first kappa shape index (κ1) is 15.0. The highest BCUT2D eigenvalue weighted by molar-refractivity contribution is 7.98. The number of benzene rings is 1. The molecular formula is C14H17FN2O2S. The Morgan fingerprint density at radius 2 is 2.20 bits per heavy atom. The van der Waals surface area contributed by atoms with Crippen molar-refractivity contribution in [3.8, 4) is 0 Å². The number of aromatic nitrogens is 2. The number of aliphatic hydroxyl groups is 1. The zero-order chi connectivity index (χ0) is 14.4. The first-order chi connectivity index (χ1) is 9.69. The Morgan fingerprint density at radius 3 is 2.95 bits per heavy atom. The molecule has 1 unspecified atom stereocenters. The summed E-state index contributed by atoms with van der Waals surface area (Å²) in [5, 5.41) is 13.5. The van der Waals surface area contributed by atoms with Gasteiger partial charge in [-0.15, -0.1) is 11.8 Å². The third-order valence-electron chi connectivity index (χ3n) is 2.74. The van der Waals surface area contributed by atoms with Crippen LogP contribution in [0.5, 0.6) is 0 Å². The van der Waals surface area contributed by atoms with Gasteiger partial charge in [-0.25, -0.2) is 4.39 Å². The summed E-state index contributed by atoms with van der Waals surface area (Å²) in [7, 11) is 0. The van der Waals surface area contributed by atoms with Crippen LogP contribution in [0.1, 0.15) is 31.5 Å². The molecular weight excluding hydrogens is 279 g/mol. The van der Waals surface area contributed by atoms with E-state index in [4.69, 9.17) is 4.52 Å². The van der Waals surface area contributed by atoms with Crippen molar-refractivity contribution in [3.05, 3.63) is 41.8 Å². The molecule has 0 amide bonds. The molecule has 1 N–H and O–H groups in total. The van der Waals surface area contributed by atoms with E-state index in [0.29, 0.717) is 35.2 Å². The molecule has 0 aliphatic rings. The predicted octanol–water partition coefficient (Wildman–Crippen LogP) is 3.20. The van der Waals surface area contributed by atoms with E-state index in [0.717, 1.165) is 6.42 Å². The zero-order valence-corrected chi connectivity index (χ0v) is 12.1. The number of nitrogens with zero attached hydrogens (tertiary/aromatic N) is 2. The molecule has 1 aromatic carbocycles. The van der Waals surface area contributed by atoms with E-state index in [1.165, 1.54) is 17.8 Å². The quantitative estimate of drug-likeness (QED) is 0.795. The average Bonchev–Trinajstić information content (AvgIpc) is 2.85. The fourth-order valence-corrected chi connectivity index (χ4v) is 2.56. The van der Waals surface area contributed by atoms with Crippen LogP contribution < -0.4 is 0 Å². The van der Waals surface area contributed by atoms with E-state index in [-0.39, 0.29) is 5.82 Å². The SMILES string of the molecule is CCCC(O)Cc1nc(CSc2ccccc2F)no1. The molecule has 0 radical (unpaired) electrons. The molecule has 0 saturated carbocycles. The van der Waals surface area contributed by atoms with Gasteiger partial charge in [0, 0.05) is 4.90 Å². The summed E-state index contributed by atoms with van der Waals surface area (Å²) < 4.78 is 18.5. The molecule has 1 aromatic heterocycles. The smallest absolute Gasteiger partial charge is 0.229 e. The number of thioether (sulfide) groups is 1. The lowest BCUT2D eigenvalue weighted by atomic mass is 10.1. The molecule has 0 fully saturated rings. The summed E-state index contributed by atoms with van der Waals surface area (Å²) in [6.07, 6.45) is 1.53. The molecule has 0 bridgehead atoms. The van der Waals surface area contributed by atoms with E-state index >= 15 is 0 Å². The van der Waals surface area contributed by atoms with Crippen molar-refractivity contribution < 1.29 is 14.0 Å². The van der Waals surface area contributed by atoms with E-state index in [2.05, 4.69) is 10.1 Å². The summed E-state index contributed by atoms with van der Waals surface area (Å²) in [5.74, 6) is 1.13. The molecule has 1 heterocycles. The topological polar surface area (TPSA) is 59.2 Å². The van der Waals surface area contributed by atoms with Gasteiger partial charge in [0.2, 0.25) is 5.89 Å². The van der Waals surface area contributed by atoms with Crippen molar-refractivity contribution in [2.75, 3.05) is 0 Å². The van der Waals surface area contributed by atoms with Gasteiger partial charge in [-0.3, -0.25) is 0 Å². The highest BCUT2D eigenvalue weighted by Crippen LogP contribution is 2.24. The second-order valence-electron chi connectivity index (χ2n) is 4.47. The lowest BCUT2D eigenvalue weighted by molar-refractivity contribution is 0.151. The number of hydrogen-bond donors (Lipinski definition) is 1. The summed E-state index contributed by atoms with van der Waals surface area (Å²) >= 11 is 1.32. The Labute approximate surface area is 121 Å². The Morgan fingerprint density at radius 1 is 1.40 bits per heavy atom. The van der Waals surface area contributed by atoms with Crippen LogP contribution in [0.2, 0.25) is 0 Å². The van der Waals surface area contributed by atoms with Crippen molar-refractivity contribution in [3.63, 3.8) is 0 Å². The third kappa shape index (κ3) is 4.31. The maximum Gasteiger partial charge on any atom is 0.229 e. The minimum absolute atomic E-state index is 0.250. The summed E-state index contributed by atoms with van der Waals surface area (Å²) in [6.45, 7) is 2.01. The second-order valence-corrected chi connectivity index (χ2v) is 5.49. The Bertz CT molecular complexity index is 547. The van der Waals surface area contributed by atoms with Gasteiger partial charge >= 0.3 is 0 Å². The maximum atomic E-state index is 13.4. The summed E-state index contributed by atoms with van der Waals surface area (Å²) in [6, 6.07) is 6.58. The van der Waals surface area contributed by atoms with Crippen molar-refractivity contribution in [2.24, 2.45) is 0 Å². The van der Waals surface area contributed by atoms with Crippen LogP contribution in [-0.2, 0) is 12.2 Å². The minimum Gasteiger partial charge on any atom is -0.393 e. The molecule has 0 saturated heterocycles. The Balaban J connectivity index is 1.88. The van der Waals surface area contributed by atoms with Gasteiger partial charge in [0.25, 0.3) is 0 Å². The molecule has 0 spiro atoms. The van der Waals surface area contributed by atoms with Crippen LogP contribution in [-0.4, -0.2) is 21.4 Å². The van der Waals surface area contributed by atoms with Gasteiger partial charge in [0.15, 0.2) is 5.82 Å². The Kier molecular flexibility index (Phi) is 5.55. The summed E-state index contributed by atoms with van der Waals surface area (Å²) in [4.78, 5) is 4.76. The van der Waals surface area contributed by atoms with Gasteiger partial charge < -0.3 is 9.63 Å². The van der Waals surface area contributed by atoms with Crippen molar-refractivity contribution >= 4 is 11.8 Å². The van der Waals surface area contributed by atoms with Gasteiger partial charge in [-0.05, 0) is 18.6 Å². The van der Waals surface area contributed by atoms with E-state index < -0.39 is 6.10 Å². The van der Waals surface area contributed by atoms with E-state index in [1.54, 1.807) is 18.2 Å². The lowest BCUT2D eigenvalue weighted by Crippen LogP contribution is -2.09. The maximum absolute atomic E-state index is 13.4. The average molecular weight is 296 g/mol. The summed E-state index contributed by atoms with van der Waals surface area (Å²) in [5.41, 5.74) is 0. The number of halogens is 1. The fourth-order valence-electron chi connectivity index (χ4n) is 1.77. The molecule has 2 aromatic rings. The van der Waals surface area contributed by atoms with Crippen LogP contribution in [0.15, 0.2) is 33.7 Å². The van der Waals surface area contributed by atoms with Gasteiger partial charge in [-0.1, -0.05) is 30.6 Å². The molecule has 0 aliphatic heterocycles. The first-order valence-corrected chi connectivity index (χ1v) is 7.54. The molecule has 2 rings (SSSR count). The number of aliphatic hydroxyl groups excluding tert-OH is 1. The highest BCUT2D eigenvalue weighted by Gasteiger charge is 2.12. The van der Waals surface area contributed by atoms with Gasteiger partial charge in [0.1, 0.15) is 5.82 Å². The molecule has 20 heavy (non-hydrogen) atoms. The van der Waals surface area contributed by atoms with Gasteiger partial charge in [-0.2, -0.15) is 4.98 Å². The second kappa shape index (κ2) is 7.40. The van der Waals surface area contributed by atoms with Crippen LogP contribution in [0.3, 0.4) is 0 Å². The minimum atomic E-state index is -0.451. The van der Waals surface area contributed by atoms with Crippen molar-refractivity contribution in [1.82, 2.24) is 10.1 Å². The normalized spacial score (nSPS) is 12.6. The largest absolute Gasteiger partial charge is 0.393 e. The van der Waals surface area contributed by atoms with Crippen LogP contribution in [0.4, 0.5) is 4.39 Å². The van der Waals surface area contributed by atoms with E-state index in [1.807, 2.05) is 6.92 Å². The highest BCUT2D eigenvalue weighted by atomic mass is 32.2. The monoisotopic (exact) mass is 296 g/mol. The predicted molar refractivity (Wildman–Crippen MR) is 74.9 cm³/mol. The number of rotatable bonds is 7. The van der Waals surface area contributed by atoms with Crippen LogP contribution >= 0.6 is 11.8 Å². The molecule has 108 valence electrons. The number of hydrogen-bond acceptors (Lipinski definition) is 5. The molecule has 6 heteroatoms. The fraction of sp³-hybridized carbons (Fsp3) is 0.429.